The van der Waals surface area contributed by atoms with Gasteiger partial charge in [-0.05, 0) is 25.5 Å². The van der Waals surface area contributed by atoms with Crippen molar-refractivity contribution < 1.29 is 4.79 Å². The lowest BCUT2D eigenvalue weighted by Crippen LogP contribution is -2.38. The van der Waals surface area contributed by atoms with Crippen LogP contribution in [0, 0.1) is 11.3 Å². The lowest BCUT2D eigenvalue weighted by atomic mass is 10.0. The highest BCUT2D eigenvalue weighted by molar-refractivity contribution is 5.78. The quantitative estimate of drug-likeness (QED) is 0.821. The summed E-state index contributed by atoms with van der Waals surface area (Å²) in [5.74, 6) is -0.0117. The highest BCUT2D eigenvalue weighted by Crippen LogP contribution is 2.16. The molecule has 106 valence electrons. The van der Waals surface area contributed by atoms with E-state index in [0.717, 1.165) is 31.5 Å². The van der Waals surface area contributed by atoms with E-state index < -0.39 is 0 Å². The molecule has 1 saturated heterocycles. The van der Waals surface area contributed by atoms with Crippen molar-refractivity contribution in [1.82, 2.24) is 9.80 Å². The van der Waals surface area contributed by atoms with Crippen LogP contribution < -0.4 is 0 Å². The van der Waals surface area contributed by atoms with Gasteiger partial charge in [0.1, 0.15) is 0 Å². The molecular formula is C16H21N3O. The molecule has 0 saturated carbocycles. The first kappa shape index (κ1) is 14.5. The number of carbonyl (C=O) groups excluding carboxylic acids is 1. The number of nitrogens with zero attached hydrogens (tertiary/aromatic N) is 3. The van der Waals surface area contributed by atoms with Crippen LogP contribution >= 0.6 is 0 Å². The standard InChI is InChI=1S/C16H21N3O/c1-18(13-16(20)19-9-5-6-10-19)12-15(11-17)14-7-3-2-4-8-14/h2-4,7-8,15H,5-6,9-10,12-13H2,1H3. The molecule has 1 fully saturated rings. The van der Waals surface area contributed by atoms with Crippen LogP contribution in [-0.4, -0.2) is 48.9 Å². The fourth-order valence-corrected chi connectivity index (χ4v) is 2.58. The molecule has 1 aromatic rings. The molecule has 0 N–H and O–H groups in total. The van der Waals surface area contributed by atoms with Gasteiger partial charge in [-0.2, -0.15) is 5.26 Å². The zero-order valence-corrected chi connectivity index (χ0v) is 12.0. The maximum Gasteiger partial charge on any atom is 0.236 e. The monoisotopic (exact) mass is 271 g/mol. The first-order valence-electron chi connectivity index (χ1n) is 7.11. The van der Waals surface area contributed by atoms with E-state index in [-0.39, 0.29) is 11.8 Å². The number of nitriles is 1. The fraction of sp³-hybridized carbons (Fsp3) is 0.500. The Bertz CT molecular complexity index is 474. The molecule has 2 rings (SSSR count). The van der Waals surface area contributed by atoms with Crippen molar-refractivity contribution in [3.05, 3.63) is 35.9 Å². The van der Waals surface area contributed by atoms with Gasteiger partial charge in [0.15, 0.2) is 0 Å². The maximum atomic E-state index is 12.1. The summed E-state index contributed by atoms with van der Waals surface area (Å²) in [5.41, 5.74) is 1.01. The second kappa shape index (κ2) is 7.06. The van der Waals surface area contributed by atoms with Crippen molar-refractivity contribution in [2.75, 3.05) is 33.2 Å². The van der Waals surface area contributed by atoms with Crippen LogP contribution in [0.2, 0.25) is 0 Å². The molecule has 0 bridgehead atoms. The molecule has 1 aromatic carbocycles. The second-order valence-corrected chi connectivity index (χ2v) is 5.38. The Morgan fingerprint density at radius 1 is 1.35 bits per heavy atom. The van der Waals surface area contributed by atoms with E-state index in [1.54, 1.807) is 0 Å². The SMILES string of the molecule is CN(CC(=O)N1CCCC1)CC(C#N)c1ccccc1. The molecule has 1 aliphatic rings. The lowest BCUT2D eigenvalue weighted by molar-refractivity contribution is -0.131. The van der Waals surface area contributed by atoms with E-state index in [2.05, 4.69) is 6.07 Å². The smallest absolute Gasteiger partial charge is 0.236 e. The molecule has 0 aromatic heterocycles. The third-order valence-electron chi connectivity index (χ3n) is 3.72. The van der Waals surface area contributed by atoms with Gasteiger partial charge in [0.05, 0.1) is 18.5 Å². The van der Waals surface area contributed by atoms with E-state index in [1.165, 1.54) is 0 Å². The van der Waals surface area contributed by atoms with Gasteiger partial charge >= 0.3 is 0 Å². The van der Waals surface area contributed by atoms with Crippen molar-refractivity contribution in [2.45, 2.75) is 18.8 Å². The Morgan fingerprint density at radius 2 is 2.00 bits per heavy atom. The Morgan fingerprint density at radius 3 is 2.60 bits per heavy atom. The van der Waals surface area contributed by atoms with E-state index in [4.69, 9.17) is 0 Å². The van der Waals surface area contributed by atoms with Crippen molar-refractivity contribution >= 4 is 5.91 Å². The third-order valence-corrected chi connectivity index (χ3v) is 3.72. The second-order valence-electron chi connectivity index (χ2n) is 5.38. The molecule has 0 spiro atoms. The van der Waals surface area contributed by atoms with Gasteiger partial charge in [-0.1, -0.05) is 30.3 Å². The number of carbonyl (C=O) groups is 1. The summed E-state index contributed by atoms with van der Waals surface area (Å²) >= 11 is 0. The fourth-order valence-electron chi connectivity index (χ4n) is 2.58. The Balaban J connectivity index is 1.88. The average Bonchev–Trinajstić information content (AvgIpc) is 3.00. The van der Waals surface area contributed by atoms with Gasteiger partial charge < -0.3 is 4.90 Å². The molecule has 4 nitrogen and oxygen atoms in total. The molecule has 1 heterocycles. The molecule has 0 radical (unpaired) electrons. The molecular weight excluding hydrogens is 250 g/mol. The van der Waals surface area contributed by atoms with E-state index >= 15 is 0 Å². The van der Waals surface area contributed by atoms with Gasteiger partial charge in [0.2, 0.25) is 5.91 Å². The van der Waals surface area contributed by atoms with Crippen LogP contribution in [0.3, 0.4) is 0 Å². The minimum absolute atomic E-state index is 0.176. The zero-order chi connectivity index (χ0) is 14.4. The summed E-state index contributed by atoms with van der Waals surface area (Å²) in [6, 6.07) is 12.1. The average molecular weight is 271 g/mol. The van der Waals surface area contributed by atoms with Gasteiger partial charge in [-0.25, -0.2) is 0 Å². The van der Waals surface area contributed by atoms with Crippen LogP contribution in [-0.2, 0) is 4.79 Å². The molecule has 1 atom stereocenters. The maximum absolute atomic E-state index is 12.1. The summed E-state index contributed by atoms with van der Waals surface area (Å²) in [7, 11) is 1.90. The third kappa shape index (κ3) is 3.82. The zero-order valence-electron chi connectivity index (χ0n) is 12.0. The number of benzene rings is 1. The first-order chi connectivity index (χ1) is 9.70. The summed E-state index contributed by atoms with van der Waals surface area (Å²) in [5, 5.41) is 9.30. The Kier molecular flexibility index (Phi) is 5.14. The summed E-state index contributed by atoms with van der Waals surface area (Å²) in [4.78, 5) is 15.9. The predicted molar refractivity (Wildman–Crippen MR) is 78.1 cm³/mol. The molecule has 1 amide bonds. The van der Waals surface area contributed by atoms with Gasteiger partial charge in [0.25, 0.3) is 0 Å². The summed E-state index contributed by atoms with van der Waals surface area (Å²) in [6.07, 6.45) is 2.22. The normalized spacial score (nSPS) is 16.1. The van der Waals surface area contributed by atoms with Gasteiger partial charge in [-0.3, -0.25) is 9.69 Å². The van der Waals surface area contributed by atoms with E-state index in [9.17, 15) is 10.1 Å². The van der Waals surface area contributed by atoms with E-state index in [1.807, 2.05) is 47.2 Å². The minimum Gasteiger partial charge on any atom is -0.342 e. The van der Waals surface area contributed by atoms with E-state index in [0.29, 0.717) is 13.1 Å². The van der Waals surface area contributed by atoms with Crippen LogP contribution in [0.15, 0.2) is 30.3 Å². The Hall–Kier alpha value is -1.86. The van der Waals surface area contributed by atoms with Gasteiger partial charge in [0, 0.05) is 19.6 Å². The minimum atomic E-state index is -0.187. The summed E-state index contributed by atoms with van der Waals surface area (Å²) in [6.45, 7) is 2.74. The van der Waals surface area contributed by atoms with Crippen molar-refractivity contribution in [1.29, 1.82) is 5.26 Å². The van der Waals surface area contributed by atoms with Crippen LogP contribution in [0.25, 0.3) is 0 Å². The number of hydrogen-bond acceptors (Lipinski definition) is 3. The topological polar surface area (TPSA) is 47.3 Å². The van der Waals surface area contributed by atoms with Crippen LogP contribution in [0.4, 0.5) is 0 Å². The molecule has 20 heavy (non-hydrogen) atoms. The highest BCUT2D eigenvalue weighted by Gasteiger charge is 2.20. The highest BCUT2D eigenvalue weighted by atomic mass is 16.2. The van der Waals surface area contributed by atoms with Crippen molar-refractivity contribution in [3.63, 3.8) is 0 Å². The molecule has 0 aliphatic carbocycles. The number of amides is 1. The largest absolute Gasteiger partial charge is 0.342 e. The molecule has 1 aliphatic heterocycles. The number of hydrogen-bond donors (Lipinski definition) is 0. The molecule has 4 heteroatoms. The number of likely N-dealkylation sites (N-methyl/N-ethyl adjacent to an activating group) is 1. The van der Waals surface area contributed by atoms with Crippen molar-refractivity contribution in [3.8, 4) is 6.07 Å². The van der Waals surface area contributed by atoms with Gasteiger partial charge in [-0.15, -0.1) is 0 Å². The van der Waals surface area contributed by atoms with Crippen LogP contribution in [0.1, 0.15) is 24.3 Å². The van der Waals surface area contributed by atoms with Crippen LogP contribution in [0.5, 0.6) is 0 Å². The number of likely N-dealkylation sites (tertiary alicyclic amines) is 1. The number of rotatable bonds is 5. The predicted octanol–water partition coefficient (Wildman–Crippen LogP) is 1.85. The summed E-state index contributed by atoms with van der Waals surface area (Å²) < 4.78 is 0. The molecule has 1 unspecified atom stereocenters. The lowest BCUT2D eigenvalue weighted by Gasteiger charge is -2.23. The van der Waals surface area contributed by atoms with Crippen molar-refractivity contribution in [2.24, 2.45) is 0 Å². The first-order valence-corrected chi connectivity index (χ1v) is 7.11. The Labute approximate surface area is 120 Å².